The zero-order valence-corrected chi connectivity index (χ0v) is 13.7. The standard InChI is InChI=1S/C19H29FN2/c1-15-10-18(21-12-16-6-3-2-4-7-16)14-22(13-15)19-9-5-8-17(20)11-19/h5,8-9,11,15-16,18,21H,2-4,6-7,10,12-14H2,1H3. The van der Waals surface area contributed by atoms with Crippen LogP contribution in [0.2, 0.25) is 0 Å². The van der Waals surface area contributed by atoms with Gasteiger partial charge in [-0.2, -0.15) is 0 Å². The smallest absolute Gasteiger partial charge is 0.125 e. The molecule has 0 amide bonds. The predicted octanol–water partition coefficient (Wildman–Crippen LogP) is 4.21. The summed E-state index contributed by atoms with van der Waals surface area (Å²) < 4.78 is 13.5. The highest BCUT2D eigenvalue weighted by molar-refractivity contribution is 5.47. The maximum atomic E-state index is 13.5. The Morgan fingerprint density at radius 1 is 1.18 bits per heavy atom. The van der Waals surface area contributed by atoms with Crippen molar-refractivity contribution in [2.45, 2.75) is 51.5 Å². The van der Waals surface area contributed by atoms with Crippen molar-refractivity contribution in [2.24, 2.45) is 11.8 Å². The molecule has 2 fully saturated rings. The van der Waals surface area contributed by atoms with Gasteiger partial charge in [0, 0.05) is 24.8 Å². The van der Waals surface area contributed by atoms with Crippen LogP contribution in [0.5, 0.6) is 0 Å². The van der Waals surface area contributed by atoms with Crippen LogP contribution in [-0.4, -0.2) is 25.7 Å². The number of anilines is 1. The number of hydrogen-bond acceptors (Lipinski definition) is 2. The summed E-state index contributed by atoms with van der Waals surface area (Å²) >= 11 is 0. The molecule has 1 saturated carbocycles. The molecule has 2 aliphatic rings. The predicted molar refractivity (Wildman–Crippen MR) is 90.8 cm³/mol. The van der Waals surface area contributed by atoms with Crippen LogP contribution in [0.15, 0.2) is 24.3 Å². The summed E-state index contributed by atoms with van der Waals surface area (Å²) in [5.41, 5.74) is 1.02. The molecule has 2 nitrogen and oxygen atoms in total. The second-order valence-corrected chi connectivity index (χ2v) is 7.33. The van der Waals surface area contributed by atoms with Crippen LogP contribution in [0.3, 0.4) is 0 Å². The lowest BCUT2D eigenvalue weighted by Crippen LogP contribution is -2.49. The Morgan fingerprint density at radius 2 is 2.00 bits per heavy atom. The number of halogens is 1. The third-order valence-corrected chi connectivity index (χ3v) is 5.25. The summed E-state index contributed by atoms with van der Waals surface area (Å²) in [5.74, 6) is 1.39. The van der Waals surface area contributed by atoms with E-state index in [0.29, 0.717) is 12.0 Å². The van der Waals surface area contributed by atoms with Gasteiger partial charge >= 0.3 is 0 Å². The molecular weight excluding hydrogens is 275 g/mol. The summed E-state index contributed by atoms with van der Waals surface area (Å²) in [5, 5.41) is 3.80. The van der Waals surface area contributed by atoms with Gasteiger partial charge in [-0.15, -0.1) is 0 Å². The molecule has 2 atom stereocenters. The van der Waals surface area contributed by atoms with Gasteiger partial charge in [0.05, 0.1) is 0 Å². The molecule has 1 aliphatic heterocycles. The van der Waals surface area contributed by atoms with E-state index in [1.54, 1.807) is 6.07 Å². The van der Waals surface area contributed by atoms with E-state index in [-0.39, 0.29) is 5.82 Å². The van der Waals surface area contributed by atoms with Crippen LogP contribution in [0.25, 0.3) is 0 Å². The molecule has 2 unspecified atom stereocenters. The highest BCUT2D eigenvalue weighted by Crippen LogP contribution is 2.26. The third-order valence-electron chi connectivity index (χ3n) is 5.25. The van der Waals surface area contributed by atoms with Gasteiger partial charge in [-0.05, 0) is 55.8 Å². The molecule has 22 heavy (non-hydrogen) atoms. The Labute approximate surface area is 134 Å². The topological polar surface area (TPSA) is 15.3 Å². The molecule has 3 rings (SSSR count). The molecule has 122 valence electrons. The molecule has 1 aliphatic carbocycles. The fourth-order valence-corrected chi connectivity index (χ4v) is 4.11. The molecule has 3 heteroatoms. The van der Waals surface area contributed by atoms with E-state index in [9.17, 15) is 4.39 Å². The number of benzene rings is 1. The minimum absolute atomic E-state index is 0.137. The third kappa shape index (κ3) is 4.22. The summed E-state index contributed by atoms with van der Waals surface area (Å²) in [6, 6.07) is 7.56. The fourth-order valence-electron chi connectivity index (χ4n) is 4.11. The first-order valence-electron chi connectivity index (χ1n) is 8.94. The summed E-state index contributed by atoms with van der Waals surface area (Å²) in [7, 11) is 0. The summed E-state index contributed by atoms with van der Waals surface area (Å²) in [4.78, 5) is 2.34. The first-order valence-corrected chi connectivity index (χ1v) is 8.94. The minimum Gasteiger partial charge on any atom is -0.370 e. The van der Waals surface area contributed by atoms with Gasteiger partial charge in [0.2, 0.25) is 0 Å². The molecule has 0 spiro atoms. The van der Waals surface area contributed by atoms with Crippen LogP contribution in [0.1, 0.15) is 45.4 Å². The molecule has 0 radical (unpaired) electrons. The summed E-state index contributed by atoms with van der Waals surface area (Å²) in [6.45, 7) is 5.50. The number of rotatable bonds is 4. The largest absolute Gasteiger partial charge is 0.370 e. The monoisotopic (exact) mass is 304 g/mol. The molecule has 1 N–H and O–H groups in total. The minimum atomic E-state index is -0.137. The van der Waals surface area contributed by atoms with Gasteiger partial charge in [0.15, 0.2) is 0 Å². The Bertz CT molecular complexity index is 470. The van der Waals surface area contributed by atoms with Crippen LogP contribution in [-0.2, 0) is 0 Å². The second-order valence-electron chi connectivity index (χ2n) is 7.33. The SMILES string of the molecule is CC1CC(NCC2CCCCC2)CN(c2cccc(F)c2)C1. The summed E-state index contributed by atoms with van der Waals surface area (Å²) in [6.07, 6.45) is 8.25. The zero-order valence-electron chi connectivity index (χ0n) is 13.7. The van der Waals surface area contributed by atoms with Crippen molar-refractivity contribution in [2.75, 3.05) is 24.5 Å². The molecule has 1 heterocycles. The van der Waals surface area contributed by atoms with Crippen molar-refractivity contribution >= 4 is 5.69 Å². The Morgan fingerprint density at radius 3 is 2.77 bits per heavy atom. The van der Waals surface area contributed by atoms with E-state index in [1.165, 1.54) is 44.6 Å². The van der Waals surface area contributed by atoms with Gasteiger partial charge in [-0.3, -0.25) is 0 Å². The maximum absolute atomic E-state index is 13.5. The molecule has 1 aromatic rings. The van der Waals surface area contributed by atoms with Crippen molar-refractivity contribution in [1.82, 2.24) is 5.32 Å². The number of nitrogens with zero attached hydrogens (tertiary/aromatic N) is 1. The lowest BCUT2D eigenvalue weighted by Gasteiger charge is -2.39. The van der Waals surface area contributed by atoms with E-state index in [0.717, 1.165) is 31.2 Å². The Hall–Kier alpha value is -1.09. The van der Waals surface area contributed by atoms with Gasteiger partial charge in [0.1, 0.15) is 5.82 Å². The van der Waals surface area contributed by atoms with Crippen LogP contribution in [0, 0.1) is 17.7 Å². The molecule has 1 saturated heterocycles. The van der Waals surface area contributed by atoms with E-state index in [4.69, 9.17) is 0 Å². The second kappa shape index (κ2) is 7.45. The van der Waals surface area contributed by atoms with Gasteiger partial charge in [0.25, 0.3) is 0 Å². The van der Waals surface area contributed by atoms with Crippen molar-refractivity contribution < 1.29 is 4.39 Å². The molecule has 1 aromatic carbocycles. The Kier molecular flexibility index (Phi) is 5.35. The van der Waals surface area contributed by atoms with Gasteiger partial charge < -0.3 is 10.2 Å². The first kappa shape index (κ1) is 15.8. The Balaban J connectivity index is 1.56. The van der Waals surface area contributed by atoms with E-state index in [2.05, 4.69) is 17.1 Å². The average Bonchev–Trinajstić information content (AvgIpc) is 2.53. The van der Waals surface area contributed by atoms with Crippen molar-refractivity contribution in [1.29, 1.82) is 0 Å². The zero-order chi connectivity index (χ0) is 15.4. The van der Waals surface area contributed by atoms with Crippen molar-refractivity contribution in [3.63, 3.8) is 0 Å². The van der Waals surface area contributed by atoms with E-state index >= 15 is 0 Å². The van der Waals surface area contributed by atoms with Gasteiger partial charge in [-0.25, -0.2) is 4.39 Å². The van der Waals surface area contributed by atoms with Crippen molar-refractivity contribution in [3.8, 4) is 0 Å². The fraction of sp³-hybridized carbons (Fsp3) is 0.684. The molecular formula is C19H29FN2. The highest BCUT2D eigenvalue weighted by Gasteiger charge is 2.25. The van der Waals surface area contributed by atoms with E-state index < -0.39 is 0 Å². The molecule has 0 bridgehead atoms. The maximum Gasteiger partial charge on any atom is 0.125 e. The lowest BCUT2D eigenvalue weighted by atomic mass is 9.88. The lowest BCUT2D eigenvalue weighted by molar-refractivity contribution is 0.295. The highest BCUT2D eigenvalue weighted by atomic mass is 19.1. The quantitative estimate of drug-likeness (QED) is 0.896. The van der Waals surface area contributed by atoms with Crippen LogP contribution >= 0.6 is 0 Å². The normalized spacial score (nSPS) is 27.1. The van der Waals surface area contributed by atoms with Gasteiger partial charge in [-0.1, -0.05) is 32.3 Å². The van der Waals surface area contributed by atoms with E-state index in [1.807, 2.05) is 12.1 Å². The van der Waals surface area contributed by atoms with Crippen LogP contribution < -0.4 is 10.2 Å². The average molecular weight is 304 g/mol. The van der Waals surface area contributed by atoms with Crippen LogP contribution in [0.4, 0.5) is 10.1 Å². The van der Waals surface area contributed by atoms with Crippen molar-refractivity contribution in [3.05, 3.63) is 30.1 Å². The number of hydrogen-bond donors (Lipinski definition) is 1. The first-order chi connectivity index (χ1) is 10.7. The molecule has 0 aromatic heterocycles. The number of piperidine rings is 1. The number of nitrogens with one attached hydrogen (secondary N) is 1.